The summed E-state index contributed by atoms with van der Waals surface area (Å²) in [7, 11) is -0.441. The monoisotopic (exact) mass is 233 g/mol. The van der Waals surface area contributed by atoms with E-state index in [-0.39, 0.29) is 0 Å². The van der Waals surface area contributed by atoms with Crippen LogP contribution in [0.1, 0.15) is 54.4 Å². The van der Waals surface area contributed by atoms with E-state index in [4.69, 9.17) is 4.52 Å². The molecule has 1 unspecified atom stereocenters. The molecule has 0 aliphatic rings. The highest BCUT2D eigenvalue weighted by atomic mass is 31.2. The molecule has 0 radical (unpaired) electrons. The molecule has 0 bridgehead atoms. The average molecular weight is 233 g/mol. The van der Waals surface area contributed by atoms with Gasteiger partial charge in [-0.05, 0) is 47.2 Å². The second-order valence-electron chi connectivity index (χ2n) is 4.58. The van der Waals surface area contributed by atoms with Crippen molar-refractivity contribution in [2.75, 3.05) is 6.66 Å². The summed E-state index contributed by atoms with van der Waals surface area (Å²) in [6.45, 7) is 15.6. The molecule has 0 N–H and O–H groups in total. The molecule has 92 valence electrons. The normalized spacial score (nSPS) is 14.6. The third-order valence-corrected chi connectivity index (χ3v) is 4.77. The first kappa shape index (κ1) is 15.3. The van der Waals surface area contributed by atoms with Gasteiger partial charge in [0.15, 0.2) is 0 Å². The first-order valence-corrected chi connectivity index (χ1v) is 7.78. The maximum absolute atomic E-state index is 6.12. The molecule has 0 saturated carbocycles. The van der Waals surface area contributed by atoms with Crippen molar-refractivity contribution in [1.82, 2.24) is 4.67 Å². The summed E-state index contributed by atoms with van der Waals surface area (Å²) < 4.78 is 8.60. The SMILES string of the molecule is CCC(CC)OP(C)N(C(C)C)C(C)C. The first-order chi connectivity index (χ1) is 6.93. The van der Waals surface area contributed by atoms with Crippen molar-refractivity contribution in [3.05, 3.63) is 0 Å². The van der Waals surface area contributed by atoms with Crippen LogP contribution in [0.25, 0.3) is 0 Å². The van der Waals surface area contributed by atoms with E-state index in [0.717, 1.165) is 12.8 Å². The van der Waals surface area contributed by atoms with Crippen LogP contribution < -0.4 is 0 Å². The Bertz CT molecular complexity index is 150. The molecule has 1 atom stereocenters. The molecule has 0 heterocycles. The van der Waals surface area contributed by atoms with E-state index in [0.29, 0.717) is 18.2 Å². The maximum Gasteiger partial charge on any atom is 0.101 e. The standard InChI is InChI=1S/C12H28NOP/c1-8-12(9-2)14-15(7)13(10(3)4)11(5)6/h10-12H,8-9H2,1-7H3. The second-order valence-corrected chi connectivity index (χ2v) is 6.18. The Morgan fingerprint density at radius 3 is 1.67 bits per heavy atom. The number of rotatable bonds is 7. The molecule has 0 spiro atoms. The molecule has 3 heteroatoms. The highest BCUT2D eigenvalue weighted by Crippen LogP contribution is 2.42. The lowest BCUT2D eigenvalue weighted by molar-refractivity contribution is 0.181. The summed E-state index contributed by atoms with van der Waals surface area (Å²) in [5.41, 5.74) is 0. The van der Waals surface area contributed by atoms with Gasteiger partial charge in [0, 0.05) is 12.1 Å². The van der Waals surface area contributed by atoms with Gasteiger partial charge in [0.2, 0.25) is 0 Å². The van der Waals surface area contributed by atoms with Gasteiger partial charge in [-0.25, -0.2) is 0 Å². The van der Waals surface area contributed by atoms with Crippen molar-refractivity contribution >= 4 is 8.30 Å². The Hall–Kier alpha value is 0.350. The van der Waals surface area contributed by atoms with Crippen molar-refractivity contribution in [3.63, 3.8) is 0 Å². The molecule has 0 saturated heterocycles. The van der Waals surface area contributed by atoms with Gasteiger partial charge in [-0.3, -0.25) is 4.67 Å². The summed E-state index contributed by atoms with van der Waals surface area (Å²) in [6, 6.07) is 1.13. The summed E-state index contributed by atoms with van der Waals surface area (Å²) in [6.07, 6.45) is 2.67. The van der Waals surface area contributed by atoms with E-state index < -0.39 is 8.30 Å². The lowest BCUT2D eigenvalue weighted by atomic mass is 10.2. The predicted octanol–water partition coefficient (Wildman–Crippen LogP) is 4.25. The molecule has 2 nitrogen and oxygen atoms in total. The Labute approximate surface area is 97.3 Å². The number of hydrogen-bond acceptors (Lipinski definition) is 2. The summed E-state index contributed by atoms with van der Waals surface area (Å²) in [5.74, 6) is 0. The minimum absolute atomic E-state index is 0.432. The van der Waals surface area contributed by atoms with Crippen LogP contribution in [-0.2, 0) is 4.52 Å². The third kappa shape index (κ3) is 5.29. The average Bonchev–Trinajstić information content (AvgIpc) is 2.12. The zero-order chi connectivity index (χ0) is 12.0. The fourth-order valence-electron chi connectivity index (χ4n) is 1.95. The molecular weight excluding hydrogens is 205 g/mol. The second kappa shape index (κ2) is 7.60. The summed E-state index contributed by atoms with van der Waals surface area (Å²) in [4.78, 5) is 0. The van der Waals surface area contributed by atoms with Gasteiger partial charge in [-0.2, -0.15) is 0 Å². The number of nitrogens with zero attached hydrogens (tertiary/aromatic N) is 1. The van der Waals surface area contributed by atoms with Crippen molar-refractivity contribution < 1.29 is 4.52 Å². The number of hydrogen-bond donors (Lipinski definition) is 0. The quantitative estimate of drug-likeness (QED) is 0.609. The molecule has 0 aromatic heterocycles. The van der Waals surface area contributed by atoms with Gasteiger partial charge >= 0.3 is 0 Å². The van der Waals surface area contributed by atoms with Crippen LogP contribution in [-0.4, -0.2) is 29.5 Å². The highest BCUT2D eigenvalue weighted by Gasteiger charge is 2.22. The lowest BCUT2D eigenvalue weighted by Crippen LogP contribution is -2.33. The summed E-state index contributed by atoms with van der Waals surface area (Å²) in [5, 5.41) is 0. The topological polar surface area (TPSA) is 12.5 Å². The molecule has 0 amide bonds. The van der Waals surface area contributed by atoms with Crippen LogP contribution in [0.15, 0.2) is 0 Å². The van der Waals surface area contributed by atoms with Gasteiger partial charge in [0.25, 0.3) is 0 Å². The Morgan fingerprint density at radius 2 is 1.40 bits per heavy atom. The molecule has 0 aliphatic heterocycles. The van der Waals surface area contributed by atoms with Gasteiger partial charge < -0.3 is 4.52 Å². The Balaban J connectivity index is 4.30. The van der Waals surface area contributed by atoms with E-state index >= 15 is 0 Å². The van der Waals surface area contributed by atoms with E-state index in [1.165, 1.54) is 0 Å². The highest BCUT2D eigenvalue weighted by molar-refractivity contribution is 7.49. The van der Waals surface area contributed by atoms with Crippen molar-refractivity contribution in [3.8, 4) is 0 Å². The first-order valence-electron chi connectivity index (χ1n) is 6.12. The Morgan fingerprint density at radius 1 is 1.00 bits per heavy atom. The molecular formula is C12H28NOP. The van der Waals surface area contributed by atoms with Gasteiger partial charge in [-0.15, -0.1) is 0 Å². The summed E-state index contributed by atoms with van der Waals surface area (Å²) >= 11 is 0. The fourth-order valence-corrected chi connectivity index (χ4v) is 4.09. The van der Waals surface area contributed by atoms with E-state index in [1.54, 1.807) is 0 Å². The van der Waals surface area contributed by atoms with Crippen LogP contribution in [0.2, 0.25) is 0 Å². The molecule has 0 aliphatic carbocycles. The largest absolute Gasteiger partial charge is 0.341 e. The van der Waals surface area contributed by atoms with Crippen LogP contribution in [0.5, 0.6) is 0 Å². The fraction of sp³-hybridized carbons (Fsp3) is 1.00. The predicted molar refractivity (Wildman–Crippen MR) is 70.4 cm³/mol. The van der Waals surface area contributed by atoms with Gasteiger partial charge in [0.1, 0.15) is 8.30 Å². The van der Waals surface area contributed by atoms with Crippen LogP contribution >= 0.6 is 8.30 Å². The van der Waals surface area contributed by atoms with Crippen LogP contribution in [0.4, 0.5) is 0 Å². The van der Waals surface area contributed by atoms with Crippen molar-refractivity contribution in [1.29, 1.82) is 0 Å². The molecule has 0 fully saturated rings. The molecule has 0 aromatic rings. The van der Waals surface area contributed by atoms with Crippen LogP contribution in [0.3, 0.4) is 0 Å². The van der Waals surface area contributed by atoms with Crippen LogP contribution in [0, 0.1) is 0 Å². The van der Waals surface area contributed by atoms with E-state index in [9.17, 15) is 0 Å². The zero-order valence-corrected chi connectivity index (χ0v) is 12.3. The maximum atomic E-state index is 6.12. The van der Waals surface area contributed by atoms with E-state index in [2.05, 4.69) is 52.9 Å². The van der Waals surface area contributed by atoms with Gasteiger partial charge in [-0.1, -0.05) is 13.8 Å². The van der Waals surface area contributed by atoms with Gasteiger partial charge in [0.05, 0.1) is 6.10 Å². The Kier molecular flexibility index (Phi) is 7.77. The smallest absolute Gasteiger partial charge is 0.101 e. The molecule has 15 heavy (non-hydrogen) atoms. The lowest BCUT2D eigenvalue weighted by Gasteiger charge is -2.36. The minimum Gasteiger partial charge on any atom is -0.341 e. The van der Waals surface area contributed by atoms with Crippen molar-refractivity contribution in [2.24, 2.45) is 0 Å². The van der Waals surface area contributed by atoms with Crippen molar-refractivity contribution in [2.45, 2.75) is 72.6 Å². The van der Waals surface area contributed by atoms with E-state index in [1.807, 2.05) is 0 Å². The third-order valence-electron chi connectivity index (χ3n) is 2.60. The minimum atomic E-state index is -0.441. The molecule has 0 aromatic carbocycles. The zero-order valence-electron chi connectivity index (χ0n) is 11.4. The molecule has 0 rings (SSSR count).